The molecule has 8 nitrogen and oxygen atoms in total. The summed E-state index contributed by atoms with van der Waals surface area (Å²) in [6.07, 6.45) is 3.43. The number of hydrogen-bond donors (Lipinski definition) is 1. The molecule has 158 valence electrons. The van der Waals surface area contributed by atoms with Crippen molar-refractivity contribution in [2.75, 3.05) is 0 Å². The summed E-state index contributed by atoms with van der Waals surface area (Å²) in [5.74, 6) is 0.451. The van der Waals surface area contributed by atoms with Gasteiger partial charge in [-0.15, -0.1) is 5.10 Å². The van der Waals surface area contributed by atoms with Gasteiger partial charge in [-0.25, -0.2) is 14.5 Å². The van der Waals surface area contributed by atoms with Crippen molar-refractivity contribution in [3.63, 3.8) is 0 Å². The molecule has 1 N–H and O–H groups in total. The summed E-state index contributed by atoms with van der Waals surface area (Å²) in [4.78, 5) is 25.1. The van der Waals surface area contributed by atoms with Gasteiger partial charge >= 0.3 is 5.69 Å². The SMILES string of the molecule is CCCC(=O)n1cc(CC)n(Cc2ccc(-c3ccccc3-c3nnn[nH]3)cc2)c1=O. The Kier molecular flexibility index (Phi) is 5.88. The van der Waals surface area contributed by atoms with Crippen LogP contribution in [0.4, 0.5) is 0 Å². The Morgan fingerprint density at radius 1 is 1.03 bits per heavy atom. The molecular weight excluding hydrogens is 392 g/mol. The van der Waals surface area contributed by atoms with Crippen LogP contribution in [0.5, 0.6) is 0 Å². The lowest BCUT2D eigenvalue weighted by atomic mass is 9.98. The highest BCUT2D eigenvalue weighted by Crippen LogP contribution is 2.29. The monoisotopic (exact) mass is 416 g/mol. The number of H-pyrrole nitrogens is 1. The normalized spacial score (nSPS) is 11.0. The molecule has 0 fully saturated rings. The van der Waals surface area contributed by atoms with Gasteiger partial charge in [0, 0.05) is 23.9 Å². The third kappa shape index (κ3) is 4.09. The van der Waals surface area contributed by atoms with Gasteiger partial charge < -0.3 is 0 Å². The first kappa shape index (κ1) is 20.5. The van der Waals surface area contributed by atoms with Crippen LogP contribution in [0.1, 0.15) is 42.7 Å². The molecule has 2 aromatic heterocycles. The maximum Gasteiger partial charge on any atom is 0.335 e. The van der Waals surface area contributed by atoms with E-state index in [-0.39, 0.29) is 11.6 Å². The Morgan fingerprint density at radius 3 is 2.42 bits per heavy atom. The number of carbonyl (C=O) groups excluding carboxylic acids is 1. The van der Waals surface area contributed by atoms with E-state index in [1.165, 1.54) is 4.57 Å². The minimum Gasteiger partial charge on any atom is -0.292 e. The van der Waals surface area contributed by atoms with Crippen LogP contribution in [0.3, 0.4) is 0 Å². The number of aromatic amines is 1. The fourth-order valence-corrected chi connectivity index (χ4v) is 3.68. The van der Waals surface area contributed by atoms with Gasteiger partial charge in [-0.3, -0.25) is 9.36 Å². The molecule has 0 atom stereocenters. The molecule has 0 saturated carbocycles. The zero-order valence-electron chi connectivity index (χ0n) is 17.6. The molecule has 0 saturated heterocycles. The second-order valence-corrected chi connectivity index (χ2v) is 7.35. The third-order valence-electron chi connectivity index (χ3n) is 5.29. The van der Waals surface area contributed by atoms with Crippen LogP contribution in [0, 0.1) is 0 Å². The highest BCUT2D eigenvalue weighted by atomic mass is 16.2. The Bertz CT molecular complexity index is 1240. The largest absolute Gasteiger partial charge is 0.335 e. The van der Waals surface area contributed by atoms with Crippen molar-refractivity contribution in [2.45, 2.75) is 39.7 Å². The smallest absolute Gasteiger partial charge is 0.292 e. The molecule has 31 heavy (non-hydrogen) atoms. The fraction of sp³-hybridized carbons (Fsp3) is 0.261. The first-order chi connectivity index (χ1) is 15.1. The Balaban J connectivity index is 1.63. The van der Waals surface area contributed by atoms with Gasteiger partial charge in [0.1, 0.15) is 0 Å². The van der Waals surface area contributed by atoms with E-state index in [2.05, 4.69) is 20.6 Å². The van der Waals surface area contributed by atoms with Gasteiger partial charge in [-0.1, -0.05) is 62.4 Å². The molecule has 0 unspecified atom stereocenters. The number of carbonyl (C=O) groups is 1. The molecule has 8 heteroatoms. The molecule has 4 rings (SSSR count). The molecule has 0 amide bonds. The Labute approximate surface area is 179 Å². The molecule has 2 heterocycles. The Morgan fingerprint density at radius 2 is 1.77 bits per heavy atom. The van der Waals surface area contributed by atoms with Crippen molar-refractivity contribution in [1.29, 1.82) is 0 Å². The zero-order chi connectivity index (χ0) is 21.8. The minimum absolute atomic E-state index is 0.158. The number of rotatable bonds is 7. The lowest BCUT2D eigenvalue weighted by Gasteiger charge is -2.09. The molecular formula is C23H24N6O2. The summed E-state index contributed by atoms with van der Waals surface area (Å²) < 4.78 is 2.93. The molecule has 4 aromatic rings. The van der Waals surface area contributed by atoms with Crippen molar-refractivity contribution in [1.82, 2.24) is 29.8 Å². The molecule has 0 aliphatic rings. The van der Waals surface area contributed by atoms with E-state index in [0.717, 1.165) is 27.9 Å². The van der Waals surface area contributed by atoms with Gasteiger partial charge in [0.15, 0.2) is 5.82 Å². The average Bonchev–Trinajstić information content (AvgIpc) is 3.43. The van der Waals surface area contributed by atoms with E-state index in [1.807, 2.05) is 62.4 Å². The van der Waals surface area contributed by atoms with Crippen molar-refractivity contribution in [3.05, 3.63) is 76.5 Å². The van der Waals surface area contributed by atoms with Crippen LogP contribution < -0.4 is 5.69 Å². The molecule has 0 aliphatic heterocycles. The maximum absolute atomic E-state index is 12.8. The first-order valence-corrected chi connectivity index (χ1v) is 10.4. The van der Waals surface area contributed by atoms with Crippen molar-refractivity contribution in [2.24, 2.45) is 0 Å². The zero-order valence-corrected chi connectivity index (χ0v) is 17.6. The molecule has 2 aromatic carbocycles. The number of aryl methyl sites for hydroxylation is 1. The number of nitrogens with one attached hydrogen (secondary N) is 1. The number of aromatic nitrogens is 6. The standard InChI is InChI=1S/C23H24N6O2/c1-3-7-21(30)29-15-18(4-2)28(23(29)31)14-16-10-12-17(13-11-16)19-8-5-6-9-20(19)22-24-26-27-25-22/h5-6,8-13,15H,3-4,7,14H2,1-2H3,(H,24,25,26,27). The number of hydrogen-bond acceptors (Lipinski definition) is 5. The maximum atomic E-state index is 12.8. The van der Waals surface area contributed by atoms with Gasteiger partial charge in [-0.05, 0) is 40.0 Å². The molecule has 0 radical (unpaired) electrons. The number of nitrogens with zero attached hydrogens (tertiary/aromatic N) is 5. The summed E-state index contributed by atoms with van der Waals surface area (Å²) in [7, 11) is 0. The lowest BCUT2D eigenvalue weighted by Crippen LogP contribution is -2.29. The number of imidazole rings is 1. The van der Waals surface area contributed by atoms with Crippen molar-refractivity contribution in [3.8, 4) is 22.5 Å². The van der Waals surface area contributed by atoms with Crippen LogP contribution in [0.25, 0.3) is 22.5 Å². The van der Waals surface area contributed by atoms with E-state index in [0.29, 0.717) is 31.6 Å². The second kappa shape index (κ2) is 8.91. The van der Waals surface area contributed by atoms with Gasteiger partial charge in [0.2, 0.25) is 5.91 Å². The van der Waals surface area contributed by atoms with Crippen LogP contribution >= 0.6 is 0 Å². The topological polar surface area (TPSA) is 98.5 Å². The summed E-state index contributed by atoms with van der Waals surface area (Å²) in [5.41, 5.74) is 4.50. The summed E-state index contributed by atoms with van der Waals surface area (Å²) >= 11 is 0. The van der Waals surface area contributed by atoms with E-state index in [1.54, 1.807) is 10.8 Å². The fourth-order valence-electron chi connectivity index (χ4n) is 3.68. The van der Waals surface area contributed by atoms with E-state index in [9.17, 15) is 9.59 Å². The Hall–Kier alpha value is -3.81. The first-order valence-electron chi connectivity index (χ1n) is 10.4. The van der Waals surface area contributed by atoms with Crippen LogP contribution in [-0.2, 0) is 13.0 Å². The predicted octanol–water partition coefficient (Wildman–Crippen LogP) is 3.55. The summed E-state index contributed by atoms with van der Waals surface area (Å²) in [6, 6.07) is 15.9. The van der Waals surface area contributed by atoms with Crippen molar-refractivity contribution >= 4 is 5.91 Å². The molecule has 0 aliphatic carbocycles. The van der Waals surface area contributed by atoms with Gasteiger partial charge in [0.05, 0.1) is 6.54 Å². The quantitative estimate of drug-likeness (QED) is 0.497. The molecule has 0 bridgehead atoms. The number of tetrazole rings is 1. The molecule has 0 spiro atoms. The average molecular weight is 416 g/mol. The van der Waals surface area contributed by atoms with Crippen LogP contribution in [-0.4, -0.2) is 35.7 Å². The summed E-state index contributed by atoms with van der Waals surface area (Å²) in [6.45, 7) is 4.33. The van der Waals surface area contributed by atoms with E-state index in [4.69, 9.17) is 0 Å². The minimum atomic E-state index is -0.275. The van der Waals surface area contributed by atoms with Gasteiger partial charge in [0.25, 0.3) is 0 Å². The highest BCUT2D eigenvalue weighted by Gasteiger charge is 2.15. The van der Waals surface area contributed by atoms with E-state index >= 15 is 0 Å². The second-order valence-electron chi connectivity index (χ2n) is 7.35. The van der Waals surface area contributed by atoms with E-state index < -0.39 is 0 Å². The van der Waals surface area contributed by atoms with Crippen molar-refractivity contribution < 1.29 is 4.79 Å². The highest BCUT2D eigenvalue weighted by molar-refractivity contribution is 5.80. The van der Waals surface area contributed by atoms with Gasteiger partial charge in [-0.2, -0.15) is 0 Å². The van der Waals surface area contributed by atoms with Crippen LogP contribution in [0.2, 0.25) is 0 Å². The summed E-state index contributed by atoms with van der Waals surface area (Å²) in [5, 5.41) is 14.2. The predicted molar refractivity (Wildman–Crippen MR) is 118 cm³/mol. The third-order valence-corrected chi connectivity index (χ3v) is 5.29. The van der Waals surface area contributed by atoms with Crippen LogP contribution in [0.15, 0.2) is 59.5 Å². The number of benzene rings is 2. The lowest BCUT2D eigenvalue weighted by molar-refractivity contribution is 0.0897.